The molecule has 0 radical (unpaired) electrons. The second-order valence-electron chi connectivity index (χ2n) is 9.81. The predicted molar refractivity (Wildman–Crippen MR) is 125 cm³/mol. The molecule has 9 heteroatoms. The maximum Gasteiger partial charge on any atom is 0.410 e. The highest BCUT2D eigenvalue weighted by atomic mass is 16.6. The molecule has 1 saturated carbocycles. The van der Waals surface area contributed by atoms with Crippen LogP contribution in [0.4, 0.5) is 4.79 Å². The van der Waals surface area contributed by atoms with E-state index in [0.717, 1.165) is 25.9 Å². The van der Waals surface area contributed by atoms with E-state index in [2.05, 4.69) is 17.0 Å². The Balaban J connectivity index is 1.33. The van der Waals surface area contributed by atoms with Crippen molar-refractivity contribution in [1.29, 1.82) is 0 Å². The first-order valence-electron chi connectivity index (χ1n) is 12.4. The van der Waals surface area contributed by atoms with Crippen molar-refractivity contribution in [2.75, 3.05) is 46.3 Å². The summed E-state index contributed by atoms with van der Waals surface area (Å²) in [5.41, 5.74) is 3.03. The molecule has 3 amide bonds. The Hall–Kier alpha value is -2.65. The quantitative estimate of drug-likeness (QED) is 0.514. The molecule has 2 N–H and O–H groups in total. The number of benzene rings is 1. The van der Waals surface area contributed by atoms with Crippen molar-refractivity contribution in [3.63, 3.8) is 0 Å². The van der Waals surface area contributed by atoms with Crippen molar-refractivity contribution in [2.45, 2.75) is 44.1 Å². The van der Waals surface area contributed by atoms with Gasteiger partial charge < -0.3 is 19.4 Å². The Kier molecular flexibility index (Phi) is 8.05. The van der Waals surface area contributed by atoms with Crippen LogP contribution in [0.3, 0.4) is 0 Å². The summed E-state index contributed by atoms with van der Waals surface area (Å²) >= 11 is 0. The summed E-state index contributed by atoms with van der Waals surface area (Å²) in [6, 6.07) is 10.4. The highest BCUT2D eigenvalue weighted by molar-refractivity contribution is 5.87. The predicted octanol–water partition coefficient (Wildman–Crippen LogP) is 2.07. The summed E-state index contributed by atoms with van der Waals surface area (Å²) in [6.45, 7) is 4.14. The van der Waals surface area contributed by atoms with Gasteiger partial charge in [0.1, 0.15) is 6.10 Å². The zero-order valence-corrected chi connectivity index (χ0v) is 19.9. The van der Waals surface area contributed by atoms with Gasteiger partial charge in [0.05, 0.1) is 11.8 Å². The third-order valence-electron chi connectivity index (χ3n) is 7.67. The van der Waals surface area contributed by atoms with Crippen LogP contribution in [-0.2, 0) is 14.3 Å². The third-order valence-corrected chi connectivity index (χ3v) is 7.67. The van der Waals surface area contributed by atoms with Gasteiger partial charge in [0, 0.05) is 39.3 Å². The van der Waals surface area contributed by atoms with Gasteiger partial charge in [-0.15, -0.1) is 0 Å². The molecule has 2 heterocycles. The molecule has 0 aromatic heterocycles. The number of hydrogen-bond donors (Lipinski definition) is 2. The normalized spacial score (nSPS) is 26.7. The van der Waals surface area contributed by atoms with E-state index in [1.54, 1.807) is 10.4 Å². The van der Waals surface area contributed by atoms with Crippen LogP contribution in [-0.4, -0.2) is 90.2 Å². The fourth-order valence-corrected chi connectivity index (χ4v) is 5.51. The van der Waals surface area contributed by atoms with Gasteiger partial charge in [0.15, 0.2) is 0 Å². The molecule has 4 rings (SSSR count). The van der Waals surface area contributed by atoms with E-state index in [9.17, 15) is 19.6 Å². The Morgan fingerprint density at radius 2 is 1.56 bits per heavy atom. The van der Waals surface area contributed by atoms with Gasteiger partial charge >= 0.3 is 6.09 Å². The largest absolute Gasteiger partial charge is 0.446 e. The minimum atomic E-state index is -0.719. The first-order chi connectivity index (χ1) is 16.5. The van der Waals surface area contributed by atoms with Gasteiger partial charge in [-0.25, -0.2) is 10.3 Å². The first kappa shape index (κ1) is 24.5. The maximum absolute atomic E-state index is 13.4. The molecule has 2 aliphatic heterocycles. The molecule has 3 fully saturated rings. The van der Waals surface area contributed by atoms with E-state index < -0.39 is 23.8 Å². The average molecular weight is 473 g/mol. The van der Waals surface area contributed by atoms with Gasteiger partial charge in [-0.1, -0.05) is 30.3 Å². The highest BCUT2D eigenvalue weighted by Gasteiger charge is 2.43. The van der Waals surface area contributed by atoms with Crippen molar-refractivity contribution in [3.8, 4) is 0 Å². The van der Waals surface area contributed by atoms with Gasteiger partial charge in [0.2, 0.25) is 11.8 Å². The molecule has 9 nitrogen and oxygen atoms in total. The number of nitrogens with one attached hydrogen (secondary N) is 1. The molecule has 0 bridgehead atoms. The maximum atomic E-state index is 13.4. The van der Waals surface area contributed by atoms with Gasteiger partial charge in [-0.05, 0) is 50.6 Å². The van der Waals surface area contributed by atoms with E-state index in [1.165, 1.54) is 5.56 Å². The zero-order valence-electron chi connectivity index (χ0n) is 19.9. The van der Waals surface area contributed by atoms with Gasteiger partial charge in [-0.3, -0.25) is 14.8 Å². The minimum absolute atomic E-state index is 0.0380. The Morgan fingerprint density at radius 1 is 0.882 bits per heavy atom. The van der Waals surface area contributed by atoms with Crippen LogP contribution in [0, 0.1) is 11.8 Å². The molecule has 3 atom stereocenters. The summed E-state index contributed by atoms with van der Waals surface area (Å²) in [4.78, 5) is 44.2. The van der Waals surface area contributed by atoms with Crippen molar-refractivity contribution >= 4 is 17.9 Å². The summed E-state index contributed by atoms with van der Waals surface area (Å²) in [5, 5.41) is 9.31. The van der Waals surface area contributed by atoms with Crippen LogP contribution < -0.4 is 5.48 Å². The summed E-state index contributed by atoms with van der Waals surface area (Å²) in [6.07, 6.45) is 2.20. The standard InChI is InChI=1S/C25H36N4O5/c1-27-13-15-29(16-14-27)25(32)34-20-7-8-21(22(17-20)23(30)26-33)24(31)28-11-9-19(10-12-28)18-5-3-2-4-6-18/h2-6,19-22,33H,7-17H2,1H3,(H,26,30)/t20?,21-,22?/m0/s1. The number of hydroxylamine groups is 1. The Morgan fingerprint density at radius 3 is 2.21 bits per heavy atom. The Labute approximate surface area is 201 Å². The Bertz CT molecular complexity index is 850. The molecule has 2 unspecified atom stereocenters. The van der Waals surface area contributed by atoms with Crippen LogP contribution in [0.2, 0.25) is 0 Å². The number of likely N-dealkylation sites (N-methyl/N-ethyl adjacent to an activating group) is 1. The van der Waals surface area contributed by atoms with Gasteiger partial charge in [0.25, 0.3) is 0 Å². The van der Waals surface area contributed by atoms with Crippen molar-refractivity contribution in [1.82, 2.24) is 20.2 Å². The lowest BCUT2D eigenvalue weighted by Crippen LogP contribution is -2.51. The van der Waals surface area contributed by atoms with Crippen molar-refractivity contribution in [2.24, 2.45) is 11.8 Å². The second kappa shape index (κ2) is 11.2. The van der Waals surface area contributed by atoms with E-state index in [-0.39, 0.29) is 18.4 Å². The number of carbonyl (C=O) groups excluding carboxylic acids is 3. The van der Waals surface area contributed by atoms with Crippen LogP contribution in [0.5, 0.6) is 0 Å². The smallest absolute Gasteiger partial charge is 0.410 e. The van der Waals surface area contributed by atoms with Crippen molar-refractivity contribution in [3.05, 3.63) is 35.9 Å². The van der Waals surface area contributed by atoms with Crippen LogP contribution >= 0.6 is 0 Å². The lowest BCUT2D eigenvalue weighted by atomic mass is 9.76. The molecule has 186 valence electrons. The fraction of sp³-hybridized carbons (Fsp3) is 0.640. The fourth-order valence-electron chi connectivity index (χ4n) is 5.51. The summed E-state index contributed by atoms with van der Waals surface area (Å²) in [5.74, 6) is -1.42. The molecule has 1 aliphatic carbocycles. The van der Waals surface area contributed by atoms with Crippen molar-refractivity contribution < 1.29 is 24.3 Å². The molecular formula is C25H36N4O5. The van der Waals surface area contributed by atoms with E-state index >= 15 is 0 Å². The van der Waals surface area contributed by atoms with Crippen LogP contribution in [0.25, 0.3) is 0 Å². The average Bonchev–Trinajstić information content (AvgIpc) is 2.88. The number of nitrogens with zero attached hydrogens (tertiary/aromatic N) is 3. The van der Waals surface area contributed by atoms with E-state index in [0.29, 0.717) is 44.9 Å². The second-order valence-corrected chi connectivity index (χ2v) is 9.81. The molecular weight excluding hydrogens is 436 g/mol. The number of likely N-dealkylation sites (tertiary alicyclic amines) is 1. The number of amides is 3. The zero-order chi connectivity index (χ0) is 24.1. The minimum Gasteiger partial charge on any atom is -0.446 e. The highest BCUT2D eigenvalue weighted by Crippen LogP contribution is 2.36. The molecule has 1 aromatic rings. The molecule has 0 spiro atoms. The monoisotopic (exact) mass is 472 g/mol. The van der Waals surface area contributed by atoms with E-state index in [4.69, 9.17) is 4.74 Å². The summed E-state index contributed by atoms with van der Waals surface area (Å²) < 4.78 is 5.71. The topological polar surface area (TPSA) is 102 Å². The van der Waals surface area contributed by atoms with Gasteiger partial charge in [-0.2, -0.15) is 0 Å². The molecule has 3 aliphatic rings. The molecule has 2 saturated heterocycles. The first-order valence-corrected chi connectivity index (χ1v) is 12.4. The van der Waals surface area contributed by atoms with Crippen LogP contribution in [0.15, 0.2) is 30.3 Å². The molecule has 34 heavy (non-hydrogen) atoms. The summed E-state index contributed by atoms with van der Waals surface area (Å²) in [7, 11) is 2.02. The van der Waals surface area contributed by atoms with Crippen LogP contribution in [0.1, 0.15) is 43.6 Å². The number of piperazine rings is 1. The number of rotatable bonds is 4. The number of hydrogen-bond acceptors (Lipinski definition) is 6. The van der Waals surface area contributed by atoms with E-state index in [1.807, 2.05) is 30.1 Å². The SMILES string of the molecule is CN1CCN(C(=O)OC2CC[C@H](C(=O)N3CCC(c4ccccc4)CC3)C(C(=O)NO)C2)CC1. The number of ether oxygens (including phenoxy) is 1. The number of carbonyl (C=O) groups is 3. The molecule has 1 aromatic carbocycles. The lowest BCUT2D eigenvalue weighted by Gasteiger charge is -2.39. The lowest BCUT2D eigenvalue weighted by molar-refractivity contribution is -0.149. The number of piperidine rings is 1. The third kappa shape index (κ3) is 5.70.